The zero-order valence-electron chi connectivity index (χ0n) is 16.9. The van der Waals surface area contributed by atoms with Crippen LogP contribution in [0.4, 0.5) is 8.78 Å². The van der Waals surface area contributed by atoms with Crippen LogP contribution in [-0.4, -0.2) is 0 Å². The number of nitrogens with zero attached hydrogens (tertiary/aromatic N) is 1. The smallest absolute Gasteiger partial charge is 0.144 e. The lowest BCUT2D eigenvalue weighted by molar-refractivity contribution is 0.206. The number of hydrogen-bond donors (Lipinski definition) is 0. The molecule has 2 aliphatic carbocycles. The average Bonchev–Trinajstić information content (AvgIpc) is 2.73. The van der Waals surface area contributed by atoms with Gasteiger partial charge in [0.2, 0.25) is 0 Å². The normalized spacial score (nSPS) is 24.3. The molecule has 0 saturated heterocycles. The molecule has 0 heterocycles. The molecule has 29 heavy (non-hydrogen) atoms. The number of halogens is 2. The van der Waals surface area contributed by atoms with Crippen LogP contribution in [0.1, 0.15) is 55.7 Å². The van der Waals surface area contributed by atoms with Gasteiger partial charge in [0.05, 0.1) is 0 Å². The van der Waals surface area contributed by atoms with E-state index in [0.29, 0.717) is 5.56 Å². The quantitative estimate of drug-likeness (QED) is 0.517. The monoisotopic (exact) mass is 391 g/mol. The summed E-state index contributed by atoms with van der Waals surface area (Å²) in [6, 6.07) is 10.3. The molecule has 0 N–H and O–H groups in total. The van der Waals surface area contributed by atoms with Gasteiger partial charge < -0.3 is 0 Å². The van der Waals surface area contributed by atoms with Crippen molar-refractivity contribution in [2.45, 2.75) is 51.9 Å². The third kappa shape index (κ3) is 4.13. The van der Waals surface area contributed by atoms with E-state index in [-0.39, 0.29) is 0 Å². The molecule has 3 heteroatoms. The SMILES string of the molecule is C/C=C/C1CCC(C2CCc3cc(-c4cc(F)c(C#N)c(F)c4)ccc3C2)CC1. The first kappa shape index (κ1) is 19.8. The van der Waals surface area contributed by atoms with Crippen LogP contribution in [0.15, 0.2) is 42.5 Å². The van der Waals surface area contributed by atoms with E-state index >= 15 is 0 Å². The Morgan fingerprint density at radius 1 is 0.897 bits per heavy atom. The topological polar surface area (TPSA) is 23.8 Å². The fraction of sp³-hybridized carbons (Fsp3) is 0.423. The number of allylic oxidation sites excluding steroid dienone is 2. The molecule has 2 aromatic carbocycles. The molecule has 1 atom stereocenters. The van der Waals surface area contributed by atoms with E-state index in [2.05, 4.69) is 31.2 Å². The van der Waals surface area contributed by atoms with Gasteiger partial charge in [-0.15, -0.1) is 0 Å². The van der Waals surface area contributed by atoms with Crippen LogP contribution in [-0.2, 0) is 12.8 Å². The predicted octanol–water partition coefficient (Wildman–Crippen LogP) is 6.99. The first-order valence-corrected chi connectivity index (χ1v) is 10.7. The van der Waals surface area contributed by atoms with Gasteiger partial charge in [-0.05, 0) is 104 Å². The van der Waals surface area contributed by atoms with Gasteiger partial charge in [0.1, 0.15) is 23.3 Å². The van der Waals surface area contributed by atoms with E-state index in [1.54, 1.807) is 6.07 Å². The van der Waals surface area contributed by atoms with Gasteiger partial charge >= 0.3 is 0 Å². The summed E-state index contributed by atoms with van der Waals surface area (Å²) in [5, 5.41) is 8.86. The van der Waals surface area contributed by atoms with Crippen molar-refractivity contribution in [1.29, 1.82) is 5.26 Å². The Bertz CT molecular complexity index is 938. The van der Waals surface area contributed by atoms with Gasteiger partial charge in [0.15, 0.2) is 0 Å². The second kappa shape index (κ2) is 8.49. The van der Waals surface area contributed by atoms with Gasteiger partial charge in [-0.2, -0.15) is 5.26 Å². The Morgan fingerprint density at radius 3 is 2.28 bits per heavy atom. The molecule has 0 aliphatic heterocycles. The fourth-order valence-electron chi connectivity index (χ4n) is 5.29. The number of aryl methyl sites for hydroxylation is 1. The van der Waals surface area contributed by atoms with E-state index in [1.807, 2.05) is 6.07 Å². The molecule has 1 fully saturated rings. The van der Waals surface area contributed by atoms with Crippen molar-refractivity contribution in [3.63, 3.8) is 0 Å². The standard InChI is InChI=1S/C26H27F2N/c1-2-3-17-4-6-18(7-5-17)19-8-9-21-13-22(11-10-20(21)12-19)23-14-25(27)24(16-29)26(28)15-23/h2-3,10-11,13-15,17-19H,4-9,12H2,1H3/b3-2+. The summed E-state index contributed by atoms with van der Waals surface area (Å²) >= 11 is 0. The molecule has 0 aromatic heterocycles. The van der Waals surface area contributed by atoms with Crippen molar-refractivity contribution >= 4 is 0 Å². The highest BCUT2D eigenvalue weighted by Gasteiger charge is 2.29. The predicted molar refractivity (Wildman–Crippen MR) is 112 cm³/mol. The van der Waals surface area contributed by atoms with Crippen molar-refractivity contribution < 1.29 is 8.78 Å². The number of fused-ring (bicyclic) bond motifs is 1. The van der Waals surface area contributed by atoms with E-state index in [9.17, 15) is 8.78 Å². The minimum atomic E-state index is -0.797. The second-order valence-electron chi connectivity index (χ2n) is 8.61. The third-order valence-electron chi connectivity index (χ3n) is 6.91. The zero-order chi connectivity index (χ0) is 20.4. The first-order chi connectivity index (χ1) is 14.1. The molecule has 1 nitrogen and oxygen atoms in total. The summed E-state index contributed by atoms with van der Waals surface area (Å²) in [5.41, 5.74) is 3.47. The Balaban J connectivity index is 1.49. The van der Waals surface area contributed by atoms with Crippen molar-refractivity contribution in [2.75, 3.05) is 0 Å². The van der Waals surface area contributed by atoms with E-state index in [0.717, 1.165) is 36.2 Å². The lowest BCUT2D eigenvalue weighted by atomic mass is 9.69. The maximum Gasteiger partial charge on any atom is 0.144 e. The average molecular weight is 392 g/mol. The maximum atomic E-state index is 14.0. The molecular formula is C26H27F2N. The largest absolute Gasteiger partial charge is 0.205 e. The summed E-state index contributed by atoms with van der Waals surface area (Å²) in [5.74, 6) is 0.751. The van der Waals surface area contributed by atoms with Crippen molar-refractivity contribution in [2.24, 2.45) is 17.8 Å². The summed E-state index contributed by atoms with van der Waals surface area (Å²) < 4.78 is 28.0. The van der Waals surface area contributed by atoms with Crippen molar-refractivity contribution in [1.82, 2.24) is 0 Å². The molecule has 1 saturated carbocycles. The molecule has 0 bridgehead atoms. The van der Waals surface area contributed by atoms with Crippen molar-refractivity contribution in [3.8, 4) is 17.2 Å². The van der Waals surface area contributed by atoms with Crippen molar-refractivity contribution in [3.05, 3.63) is 70.8 Å². The van der Waals surface area contributed by atoms with E-state index in [4.69, 9.17) is 5.26 Å². The minimum Gasteiger partial charge on any atom is -0.205 e. The Kier molecular flexibility index (Phi) is 5.81. The van der Waals surface area contributed by atoms with Gasteiger partial charge in [-0.25, -0.2) is 8.78 Å². The molecule has 0 amide bonds. The van der Waals surface area contributed by atoms with E-state index in [1.165, 1.54) is 55.4 Å². The molecule has 1 unspecified atom stereocenters. The molecule has 2 aliphatic rings. The summed E-state index contributed by atoms with van der Waals surface area (Å²) in [4.78, 5) is 0. The Labute approximate surface area is 172 Å². The highest BCUT2D eigenvalue weighted by molar-refractivity contribution is 5.66. The summed E-state index contributed by atoms with van der Waals surface area (Å²) in [6.45, 7) is 2.11. The van der Waals surface area contributed by atoms with Crippen LogP contribution in [0.5, 0.6) is 0 Å². The van der Waals surface area contributed by atoms with Crippen LogP contribution in [0.2, 0.25) is 0 Å². The molecule has 0 spiro atoms. The maximum absolute atomic E-state index is 14.0. The molecule has 2 aromatic rings. The number of hydrogen-bond acceptors (Lipinski definition) is 1. The zero-order valence-corrected chi connectivity index (χ0v) is 16.9. The van der Waals surface area contributed by atoms with Crippen LogP contribution in [0.3, 0.4) is 0 Å². The van der Waals surface area contributed by atoms with Crippen LogP contribution >= 0.6 is 0 Å². The van der Waals surface area contributed by atoms with Crippen LogP contribution in [0, 0.1) is 40.7 Å². The molecule has 0 radical (unpaired) electrons. The Hall–Kier alpha value is -2.47. The fourth-order valence-corrected chi connectivity index (χ4v) is 5.29. The van der Waals surface area contributed by atoms with Gasteiger partial charge in [0, 0.05) is 0 Å². The number of nitriles is 1. The van der Waals surface area contributed by atoms with Gasteiger partial charge in [-0.3, -0.25) is 0 Å². The highest BCUT2D eigenvalue weighted by atomic mass is 19.1. The van der Waals surface area contributed by atoms with Crippen LogP contribution < -0.4 is 0 Å². The summed E-state index contributed by atoms with van der Waals surface area (Å²) in [6.07, 6.45) is 13.2. The molecule has 4 rings (SSSR count). The van der Waals surface area contributed by atoms with E-state index < -0.39 is 17.2 Å². The lowest BCUT2D eigenvalue weighted by Crippen LogP contribution is -2.26. The highest BCUT2D eigenvalue weighted by Crippen LogP contribution is 2.40. The van der Waals surface area contributed by atoms with Gasteiger partial charge in [0.25, 0.3) is 0 Å². The Morgan fingerprint density at radius 2 is 1.62 bits per heavy atom. The third-order valence-corrected chi connectivity index (χ3v) is 6.91. The number of benzene rings is 2. The molecular weight excluding hydrogens is 364 g/mol. The van der Waals surface area contributed by atoms with Crippen LogP contribution in [0.25, 0.3) is 11.1 Å². The minimum absolute atomic E-state index is 0.492. The summed E-state index contributed by atoms with van der Waals surface area (Å²) in [7, 11) is 0. The lowest BCUT2D eigenvalue weighted by Gasteiger charge is -2.36. The van der Waals surface area contributed by atoms with Gasteiger partial charge in [-0.1, -0.05) is 30.4 Å². The number of rotatable bonds is 3. The first-order valence-electron chi connectivity index (χ1n) is 10.7. The second-order valence-corrected chi connectivity index (χ2v) is 8.61. The molecule has 150 valence electrons.